The summed E-state index contributed by atoms with van der Waals surface area (Å²) >= 11 is 1.21. The van der Waals surface area contributed by atoms with E-state index in [-0.39, 0.29) is 5.75 Å². The lowest BCUT2D eigenvalue weighted by Gasteiger charge is -2.09. The molecule has 118 valence electrons. The Kier molecular flexibility index (Phi) is 4.92. The van der Waals surface area contributed by atoms with Crippen LogP contribution in [0.5, 0.6) is 0 Å². The van der Waals surface area contributed by atoms with Crippen molar-refractivity contribution in [1.29, 1.82) is 0 Å². The maximum atomic E-state index is 12.0. The Hall–Kier alpha value is -1.80. The van der Waals surface area contributed by atoms with Gasteiger partial charge in [0, 0.05) is 11.3 Å². The van der Waals surface area contributed by atoms with Gasteiger partial charge in [0.2, 0.25) is 11.0 Å². The molecule has 1 heterocycles. The molecular weight excluding hydrogens is 322 g/mol. The highest BCUT2D eigenvalue weighted by Gasteiger charge is 2.27. The minimum atomic E-state index is -3.42. The van der Waals surface area contributed by atoms with Gasteiger partial charge in [0.25, 0.3) is 0 Å². The monoisotopic (exact) mass is 339 g/mol. The van der Waals surface area contributed by atoms with Gasteiger partial charge in [-0.25, -0.2) is 8.42 Å². The zero-order chi connectivity index (χ0) is 16.3. The van der Waals surface area contributed by atoms with Crippen LogP contribution in [0, 0.1) is 6.92 Å². The second-order valence-corrected chi connectivity index (χ2v) is 8.45. The number of aryl methyl sites for hydroxylation is 1. The molecule has 22 heavy (non-hydrogen) atoms. The minimum absolute atomic E-state index is 0.0771. The van der Waals surface area contributed by atoms with Crippen molar-refractivity contribution in [2.75, 3.05) is 11.1 Å². The van der Waals surface area contributed by atoms with Crippen LogP contribution < -0.4 is 5.32 Å². The van der Waals surface area contributed by atoms with Crippen LogP contribution in [0.25, 0.3) is 10.6 Å². The summed E-state index contributed by atoms with van der Waals surface area (Å²) in [6, 6.07) is 7.77. The van der Waals surface area contributed by atoms with E-state index < -0.39 is 21.0 Å². The number of benzene rings is 1. The molecule has 8 heteroatoms. The van der Waals surface area contributed by atoms with E-state index >= 15 is 0 Å². The van der Waals surface area contributed by atoms with E-state index in [9.17, 15) is 13.2 Å². The number of rotatable bonds is 5. The molecule has 0 aliphatic rings. The Bertz CT molecular complexity index is 767. The molecule has 0 saturated carbocycles. The van der Waals surface area contributed by atoms with Crippen molar-refractivity contribution in [2.24, 2.45) is 0 Å². The van der Waals surface area contributed by atoms with Crippen LogP contribution in [-0.4, -0.2) is 35.5 Å². The average molecular weight is 339 g/mol. The van der Waals surface area contributed by atoms with E-state index in [1.54, 1.807) is 0 Å². The number of carbonyl (C=O) groups excluding carboxylic acids is 1. The molecule has 0 radical (unpaired) electrons. The maximum Gasteiger partial charge on any atom is 0.244 e. The van der Waals surface area contributed by atoms with Crippen LogP contribution in [0.4, 0.5) is 5.13 Å². The number of anilines is 1. The number of aromatic nitrogens is 2. The fourth-order valence-electron chi connectivity index (χ4n) is 1.71. The lowest BCUT2D eigenvalue weighted by Crippen LogP contribution is -2.33. The smallest absolute Gasteiger partial charge is 0.244 e. The van der Waals surface area contributed by atoms with Gasteiger partial charge in [-0.2, -0.15) is 0 Å². The van der Waals surface area contributed by atoms with Crippen molar-refractivity contribution < 1.29 is 13.2 Å². The Balaban J connectivity index is 2.12. The number of amides is 1. The molecule has 0 saturated heterocycles. The average Bonchev–Trinajstić information content (AvgIpc) is 2.95. The van der Waals surface area contributed by atoms with E-state index in [2.05, 4.69) is 15.5 Å². The molecule has 1 aromatic heterocycles. The van der Waals surface area contributed by atoms with Crippen LogP contribution >= 0.6 is 11.3 Å². The van der Waals surface area contributed by atoms with Gasteiger partial charge in [-0.1, -0.05) is 48.1 Å². The highest BCUT2D eigenvalue weighted by molar-refractivity contribution is 7.92. The second kappa shape index (κ2) is 6.53. The normalized spacial score (nSPS) is 12.9. The summed E-state index contributed by atoms with van der Waals surface area (Å²) in [6.45, 7) is 4.88. The first-order valence-electron chi connectivity index (χ1n) is 6.76. The second-order valence-electron chi connectivity index (χ2n) is 4.86. The lowest BCUT2D eigenvalue weighted by molar-refractivity contribution is -0.115. The quantitative estimate of drug-likeness (QED) is 0.902. The third kappa shape index (κ3) is 3.69. The molecule has 1 N–H and O–H groups in total. The van der Waals surface area contributed by atoms with Crippen LogP contribution in [0.3, 0.4) is 0 Å². The fraction of sp³-hybridized carbons (Fsp3) is 0.357. The van der Waals surface area contributed by atoms with Gasteiger partial charge in [-0.15, -0.1) is 10.2 Å². The van der Waals surface area contributed by atoms with E-state index in [0.717, 1.165) is 11.1 Å². The van der Waals surface area contributed by atoms with Gasteiger partial charge < -0.3 is 0 Å². The third-order valence-corrected chi connectivity index (χ3v) is 6.25. The molecule has 2 aromatic rings. The molecule has 0 aliphatic heterocycles. The first kappa shape index (κ1) is 16.6. The Morgan fingerprint density at radius 1 is 1.27 bits per heavy atom. The molecule has 1 amide bonds. The fourth-order valence-corrected chi connectivity index (χ4v) is 3.34. The summed E-state index contributed by atoms with van der Waals surface area (Å²) in [4.78, 5) is 12.0. The highest BCUT2D eigenvalue weighted by atomic mass is 32.2. The Morgan fingerprint density at radius 2 is 1.91 bits per heavy atom. The molecule has 0 bridgehead atoms. The van der Waals surface area contributed by atoms with Crippen LogP contribution in [0.1, 0.15) is 19.4 Å². The number of nitrogens with one attached hydrogen (secondary N) is 1. The highest BCUT2D eigenvalue weighted by Crippen LogP contribution is 2.26. The minimum Gasteiger partial charge on any atom is -0.299 e. The van der Waals surface area contributed by atoms with Gasteiger partial charge in [-0.05, 0) is 13.8 Å². The molecule has 1 unspecified atom stereocenters. The van der Waals surface area contributed by atoms with E-state index in [1.165, 1.54) is 25.2 Å². The van der Waals surface area contributed by atoms with E-state index in [1.807, 2.05) is 31.2 Å². The summed E-state index contributed by atoms with van der Waals surface area (Å²) in [7, 11) is -3.42. The number of carbonyl (C=O) groups is 1. The van der Waals surface area contributed by atoms with Crippen LogP contribution in [-0.2, 0) is 14.6 Å². The van der Waals surface area contributed by atoms with Crippen molar-refractivity contribution >= 4 is 32.2 Å². The molecule has 0 fully saturated rings. The predicted octanol–water partition coefficient (Wildman–Crippen LogP) is 2.28. The number of nitrogens with zero attached hydrogens (tertiary/aromatic N) is 2. The molecule has 0 aliphatic carbocycles. The van der Waals surface area contributed by atoms with E-state index in [4.69, 9.17) is 0 Å². The summed E-state index contributed by atoms with van der Waals surface area (Å²) in [5.74, 6) is -0.666. The van der Waals surface area contributed by atoms with Crippen LogP contribution in [0.2, 0.25) is 0 Å². The number of sulfone groups is 1. The molecule has 1 atom stereocenters. The maximum absolute atomic E-state index is 12.0. The van der Waals surface area contributed by atoms with Gasteiger partial charge in [-0.3, -0.25) is 10.1 Å². The van der Waals surface area contributed by atoms with Gasteiger partial charge in [0.05, 0.1) is 0 Å². The zero-order valence-electron chi connectivity index (χ0n) is 12.5. The van der Waals surface area contributed by atoms with Crippen molar-refractivity contribution in [3.63, 3.8) is 0 Å². The first-order valence-corrected chi connectivity index (χ1v) is 9.29. The Morgan fingerprint density at radius 3 is 2.50 bits per heavy atom. The molecule has 6 nitrogen and oxygen atoms in total. The van der Waals surface area contributed by atoms with Crippen molar-refractivity contribution in [1.82, 2.24) is 10.2 Å². The Labute approximate surface area is 133 Å². The largest absolute Gasteiger partial charge is 0.299 e. The summed E-state index contributed by atoms with van der Waals surface area (Å²) in [6.07, 6.45) is 0. The van der Waals surface area contributed by atoms with Crippen molar-refractivity contribution in [2.45, 2.75) is 26.0 Å². The topological polar surface area (TPSA) is 89.0 Å². The molecule has 0 spiro atoms. The molecule has 2 rings (SSSR count). The predicted molar refractivity (Wildman–Crippen MR) is 87.6 cm³/mol. The lowest BCUT2D eigenvalue weighted by atomic mass is 10.2. The number of hydrogen-bond donors (Lipinski definition) is 1. The summed E-state index contributed by atoms with van der Waals surface area (Å²) < 4.78 is 23.4. The van der Waals surface area contributed by atoms with Gasteiger partial charge >= 0.3 is 0 Å². The standard InChI is InChI=1S/C14H17N3O3S2/c1-4-22(19,20)10(3)12(18)15-14-17-16-13(21-14)11-7-5-9(2)6-8-11/h5-8,10H,4H2,1-3H3,(H,15,17,18). The van der Waals surface area contributed by atoms with Gasteiger partial charge in [0.15, 0.2) is 9.84 Å². The first-order chi connectivity index (χ1) is 10.3. The van der Waals surface area contributed by atoms with Crippen molar-refractivity contribution in [3.8, 4) is 10.6 Å². The molecular formula is C14H17N3O3S2. The van der Waals surface area contributed by atoms with Crippen molar-refractivity contribution in [3.05, 3.63) is 29.8 Å². The SMILES string of the molecule is CCS(=O)(=O)C(C)C(=O)Nc1nnc(-c2ccc(C)cc2)s1. The molecule has 1 aromatic carbocycles. The zero-order valence-corrected chi connectivity index (χ0v) is 14.2. The van der Waals surface area contributed by atoms with E-state index in [0.29, 0.717) is 10.1 Å². The summed E-state index contributed by atoms with van der Waals surface area (Å²) in [5, 5.41) is 10.3. The number of hydrogen-bond acceptors (Lipinski definition) is 6. The van der Waals surface area contributed by atoms with Crippen LogP contribution in [0.15, 0.2) is 24.3 Å². The third-order valence-electron chi connectivity index (χ3n) is 3.26. The van der Waals surface area contributed by atoms with Gasteiger partial charge in [0.1, 0.15) is 10.3 Å². The summed E-state index contributed by atoms with van der Waals surface area (Å²) in [5.41, 5.74) is 2.04.